The Labute approximate surface area is 116 Å². The van der Waals surface area contributed by atoms with Crippen LogP contribution in [0.2, 0.25) is 5.02 Å². The molecule has 1 N–H and O–H groups in total. The Morgan fingerprint density at radius 3 is 2.82 bits per heavy atom. The Morgan fingerprint density at radius 2 is 2.29 bits per heavy atom. The van der Waals surface area contributed by atoms with Gasteiger partial charge in [-0.25, -0.2) is 4.98 Å². The molecule has 0 atom stereocenters. The number of rotatable bonds is 3. The maximum atomic E-state index is 9.11. The van der Waals surface area contributed by atoms with Gasteiger partial charge < -0.3 is 9.84 Å². The number of aliphatic hydroxyl groups excluding tert-OH is 1. The fraction of sp³-hybridized carbons (Fsp3) is 0.182. The second kappa shape index (κ2) is 5.35. The van der Waals surface area contributed by atoms with Crippen LogP contribution >= 0.6 is 38.9 Å². The van der Waals surface area contributed by atoms with Crippen molar-refractivity contribution in [3.63, 3.8) is 0 Å². The molecule has 2 rings (SSSR count). The molecule has 0 unspecified atom stereocenters. The minimum atomic E-state index is -0.0257. The van der Waals surface area contributed by atoms with Crippen LogP contribution in [0.3, 0.4) is 0 Å². The zero-order chi connectivity index (χ0) is 12.4. The Balaban J connectivity index is 2.42. The lowest BCUT2D eigenvalue weighted by molar-refractivity contribution is 0.284. The van der Waals surface area contributed by atoms with Gasteiger partial charge in [0.05, 0.1) is 23.6 Å². The molecule has 0 radical (unpaired) electrons. The van der Waals surface area contributed by atoms with Crippen LogP contribution in [0.25, 0.3) is 10.6 Å². The van der Waals surface area contributed by atoms with E-state index < -0.39 is 0 Å². The molecule has 1 aromatic heterocycles. The number of halogens is 2. The van der Waals surface area contributed by atoms with Gasteiger partial charge in [-0.2, -0.15) is 0 Å². The van der Waals surface area contributed by atoms with Gasteiger partial charge >= 0.3 is 0 Å². The molecular weight excluding hydrogens is 326 g/mol. The number of hydrogen-bond donors (Lipinski definition) is 1. The van der Waals surface area contributed by atoms with Crippen molar-refractivity contribution in [1.29, 1.82) is 0 Å². The lowest BCUT2D eigenvalue weighted by atomic mass is 10.2. The summed E-state index contributed by atoms with van der Waals surface area (Å²) in [4.78, 5) is 5.12. The van der Waals surface area contributed by atoms with Crippen molar-refractivity contribution in [3.05, 3.63) is 32.7 Å². The zero-order valence-electron chi connectivity index (χ0n) is 8.91. The minimum Gasteiger partial charge on any atom is -0.495 e. The van der Waals surface area contributed by atoms with E-state index in [9.17, 15) is 0 Å². The van der Waals surface area contributed by atoms with E-state index in [0.29, 0.717) is 15.4 Å². The lowest BCUT2D eigenvalue weighted by Crippen LogP contribution is -1.84. The van der Waals surface area contributed by atoms with E-state index in [4.69, 9.17) is 21.4 Å². The first kappa shape index (κ1) is 12.8. The first-order chi connectivity index (χ1) is 8.15. The van der Waals surface area contributed by atoms with Crippen LogP contribution in [0.15, 0.2) is 22.8 Å². The molecule has 0 amide bonds. The van der Waals surface area contributed by atoms with Crippen molar-refractivity contribution < 1.29 is 9.84 Å². The van der Waals surface area contributed by atoms with E-state index in [0.717, 1.165) is 15.4 Å². The first-order valence-electron chi connectivity index (χ1n) is 4.75. The molecule has 17 heavy (non-hydrogen) atoms. The van der Waals surface area contributed by atoms with Crippen LogP contribution in [0.4, 0.5) is 0 Å². The van der Waals surface area contributed by atoms with E-state index >= 15 is 0 Å². The summed E-state index contributed by atoms with van der Waals surface area (Å²) in [6, 6.07) is 5.48. The van der Waals surface area contributed by atoms with Crippen LogP contribution in [0.1, 0.15) is 4.88 Å². The Bertz CT molecular complexity index is 544. The van der Waals surface area contributed by atoms with Crippen molar-refractivity contribution in [3.8, 4) is 16.3 Å². The van der Waals surface area contributed by atoms with E-state index in [1.165, 1.54) is 11.3 Å². The van der Waals surface area contributed by atoms with E-state index in [-0.39, 0.29) is 6.61 Å². The highest BCUT2D eigenvalue weighted by Gasteiger charge is 2.11. The van der Waals surface area contributed by atoms with E-state index in [1.807, 2.05) is 6.07 Å². The van der Waals surface area contributed by atoms with Gasteiger partial charge in [0.1, 0.15) is 15.4 Å². The zero-order valence-corrected chi connectivity index (χ0v) is 12.1. The summed E-state index contributed by atoms with van der Waals surface area (Å²) in [5, 5.41) is 10.5. The number of aromatic nitrogens is 1. The van der Waals surface area contributed by atoms with Gasteiger partial charge in [0, 0.05) is 5.56 Å². The van der Waals surface area contributed by atoms with Gasteiger partial charge in [-0.3, -0.25) is 0 Å². The first-order valence-corrected chi connectivity index (χ1v) is 6.74. The quantitative estimate of drug-likeness (QED) is 0.930. The van der Waals surface area contributed by atoms with E-state index in [1.54, 1.807) is 19.2 Å². The Morgan fingerprint density at radius 1 is 1.53 bits per heavy atom. The third-order valence-corrected chi connectivity index (χ3v) is 4.49. The molecule has 6 heteroatoms. The molecule has 0 saturated heterocycles. The topological polar surface area (TPSA) is 42.4 Å². The highest BCUT2D eigenvalue weighted by atomic mass is 79.9. The van der Waals surface area contributed by atoms with Crippen LogP contribution in [0, 0.1) is 0 Å². The second-order valence-electron chi connectivity index (χ2n) is 3.24. The van der Waals surface area contributed by atoms with Crippen molar-refractivity contribution in [2.24, 2.45) is 0 Å². The molecule has 0 aliphatic heterocycles. The maximum Gasteiger partial charge on any atom is 0.137 e. The minimum absolute atomic E-state index is 0.0257. The average Bonchev–Trinajstić information content (AvgIpc) is 2.70. The Hall–Kier alpha value is -0.620. The van der Waals surface area contributed by atoms with E-state index in [2.05, 4.69) is 20.9 Å². The molecule has 0 fully saturated rings. The number of aliphatic hydroxyl groups is 1. The SMILES string of the molecule is COc1ccc(-c2nc(Br)c(CO)s2)cc1Cl. The van der Waals surface area contributed by atoms with Crippen LogP contribution in [-0.2, 0) is 6.61 Å². The molecule has 1 heterocycles. The molecular formula is C11H9BrClNO2S. The Kier molecular flexibility index (Phi) is 4.04. The molecule has 0 saturated carbocycles. The number of nitrogens with zero attached hydrogens (tertiary/aromatic N) is 1. The molecule has 3 nitrogen and oxygen atoms in total. The summed E-state index contributed by atoms with van der Waals surface area (Å²) in [5.41, 5.74) is 0.904. The molecule has 0 aliphatic rings. The maximum absolute atomic E-state index is 9.11. The summed E-state index contributed by atoms with van der Waals surface area (Å²) in [6.45, 7) is -0.0257. The van der Waals surface area contributed by atoms with Crippen LogP contribution in [-0.4, -0.2) is 17.2 Å². The predicted molar refractivity (Wildman–Crippen MR) is 72.7 cm³/mol. The van der Waals surface area contributed by atoms with Crippen molar-refractivity contribution in [2.45, 2.75) is 6.61 Å². The fourth-order valence-corrected chi connectivity index (χ4v) is 3.08. The van der Waals surface area contributed by atoms with Crippen molar-refractivity contribution in [2.75, 3.05) is 7.11 Å². The monoisotopic (exact) mass is 333 g/mol. The highest BCUT2D eigenvalue weighted by molar-refractivity contribution is 9.10. The van der Waals surface area contributed by atoms with Gasteiger partial charge in [-0.1, -0.05) is 11.6 Å². The second-order valence-corrected chi connectivity index (χ2v) is 5.48. The van der Waals surface area contributed by atoms with Crippen LogP contribution in [0.5, 0.6) is 5.75 Å². The molecule has 90 valence electrons. The summed E-state index contributed by atoms with van der Waals surface area (Å²) >= 11 is 10.8. The molecule has 1 aromatic carbocycles. The summed E-state index contributed by atoms with van der Waals surface area (Å²) in [7, 11) is 1.57. The number of hydrogen-bond acceptors (Lipinski definition) is 4. The number of methoxy groups -OCH3 is 1. The number of ether oxygens (including phenoxy) is 1. The molecule has 0 spiro atoms. The predicted octanol–water partition coefficient (Wildman–Crippen LogP) is 3.73. The van der Waals surface area contributed by atoms with Gasteiger partial charge in [0.25, 0.3) is 0 Å². The third kappa shape index (κ3) is 2.63. The summed E-state index contributed by atoms with van der Waals surface area (Å²) in [6.07, 6.45) is 0. The van der Waals surface area contributed by atoms with Gasteiger partial charge in [-0.15, -0.1) is 11.3 Å². The van der Waals surface area contributed by atoms with Gasteiger partial charge in [-0.05, 0) is 34.1 Å². The molecule has 2 aromatic rings. The van der Waals surface area contributed by atoms with Crippen molar-refractivity contribution >= 4 is 38.9 Å². The third-order valence-electron chi connectivity index (χ3n) is 2.19. The summed E-state index contributed by atoms with van der Waals surface area (Å²) in [5.74, 6) is 0.633. The van der Waals surface area contributed by atoms with Crippen LogP contribution < -0.4 is 4.74 Å². The lowest BCUT2D eigenvalue weighted by Gasteiger charge is -2.03. The number of thiazole rings is 1. The van der Waals surface area contributed by atoms with Crippen molar-refractivity contribution in [1.82, 2.24) is 4.98 Å². The fourth-order valence-electron chi connectivity index (χ4n) is 1.35. The van der Waals surface area contributed by atoms with Gasteiger partial charge in [0.2, 0.25) is 0 Å². The largest absolute Gasteiger partial charge is 0.495 e. The smallest absolute Gasteiger partial charge is 0.137 e. The molecule has 0 aliphatic carbocycles. The summed E-state index contributed by atoms with van der Waals surface area (Å²) < 4.78 is 5.76. The number of benzene rings is 1. The normalized spacial score (nSPS) is 10.6. The average molecular weight is 335 g/mol. The highest BCUT2D eigenvalue weighted by Crippen LogP contribution is 2.34. The van der Waals surface area contributed by atoms with Gasteiger partial charge in [0.15, 0.2) is 0 Å². The molecule has 0 bridgehead atoms. The standard InChI is InChI=1S/C11H9BrClNO2S/c1-16-8-3-2-6(4-7(8)13)11-14-10(12)9(5-15)17-11/h2-4,15H,5H2,1H3.